The molecule has 10 heteroatoms. The minimum absolute atomic E-state index is 0.0189. The molecule has 1 fully saturated rings. The molecule has 1 aliphatic rings. The number of fused-ring (bicyclic) bond motifs is 1. The summed E-state index contributed by atoms with van der Waals surface area (Å²) in [5, 5.41) is 10.6. The minimum atomic E-state index is -4.68. The first-order valence-corrected chi connectivity index (χ1v) is 8.08. The lowest BCUT2D eigenvalue weighted by Gasteiger charge is -2.34. The summed E-state index contributed by atoms with van der Waals surface area (Å²) in [6.07, 6.45) is -5.85. The number of benzene rings is 1. The molecule has 0 bridgehead atoms. The third kappa shape index (κ3) is 3.31. The zero-order valence-electron chi connectivity index (χ0n) is 14.0. The highest BCUT2D eigenvalue weighted by Gasteiger charge is 2.47. The van der Waals surface area contributed by atoms with Gasteiger partial charge < -0.3 is 4.74 Å². The van der Waals surface area contributed by atoms with Gasteiger partial charge in [0.05, 0.1) is 5.69 Å². The van der Waals surface area contributed by atoms with Gasteiger partial charge in [-0.1, -0.05) is 0 Å². The first kappa shape index (κ1) is 17.6. The summed E-state index contributed by atoms with van der Waals surface area (Å²) < 4.78 is 70.9. The summed E-state index contributed by atoms with van der Waals surface area (Å²) in [6.45, 7) is 1.74. The number of halogens is 5. The third-order valence-electron chi connectivity index (χ3n) is 4.35. The van der Waals surface area contributed by atoms with Crippen LogP contribution in [0.5, 0.6) is 5.75 Å². The van der Waals surface area contributed by atoms with E-state index in [1.54, 1.807) is 31.2 Å². The smallest absolute Gasteiger partial charge is 0.453 e. The molecule has 0 aliphatic heterocycles. The van der Waals surface area contributed by atoms with E-state index < -0.39 is 24.0 Å². The van der Waals surface area contributed by atoms with E-state index in [-0.39, 0.29) is 18.5 Å². The van der Waals surface area contributed by atoms with Crippen molar-refractivity contribution in [3.8, 4) is 17.0 Å². The lowest BCUT2D eigenvalue weighted by atomic mass is 9.91. The van der Waals surface area contributed by atoms with Crippen LogP contribution < -0.4 is 4.74 Å². The second-order valence-electron chi connectivity index (χ2n) is 6.49. The Bertz CT molecular complexity index is 1010. The number of alkyl halides is 5. The van der Waals surface area contributed by atoms with Crippen molar-refractivity contribution >= 4 is 5.65 Å². The predicted molar refractivity (Wildman–Crippen MR) is 84.6 cm³/mol. The van der Waals surface area contributed by atoms with Gasteiger partial charge in [0.2, 0.25) is 0 Å². The normalized spacial score (nSPS) is 17.1. The molecule has 0 saturated heterocycles. The van der Waals surface area contributed by atoms with E-state index in [9.17, 15) is 22.0 Å². The zero-order chi connectivity index (χ0) is 19.4. The van der Waals surface area contributed by atoms with Crippen molar-refractivity contribution < 1.29 is 26.7 Å². The highest BCUT2D eigenvalue weighted by atomic mass is 19.4. The minimum Gasteiger partial charge on any atom is -0.490 e. The van der Waals surface area contributed by atoms with Crippen molar-refractivity contribution in [3.63, 3.8) is 0 Å². The fourth-order valence-electron chi connectivity index (χ4n) is 2.99. The Morgan fingerprint density at radius 2 is 1.85 bits per heavy atom. The summed E-state index contributed by atoms with van der Waals surface area (Å²) >= 11 is 0. The summed E-state index contributed by atoms with van der Waals surface area (Å²) in [6, 6.07) is 7.80. The Balaban J connectivity index is 1.63. The zero-order valence-corrected chi connectivity index (χ0v) is 14.0. The Kier molecular flexibility index (Phi) is 3.83. The first-order chi connectivity index (χ1) is 12.6. The molecule has 0 spiro atoms. The van der Waals surface area contributed by atoms with Crippen LogP contribution in [0.25, 0.3) is 16.9 Å². The Hall–Kier alpha value is -2.78. The van der Waals surface area contributed by atoms with Gasteiger partial charge in [0.1, 0.15) is 11.9 Å². The van der Waals surface area contributed by atoms with E-state index in [4.69, 9.17) is 4.74 Å². The molecule has 1 aromatic carbocycles. The average Bonchev–Trinajstić information content (AvgIpc) is 2.96. The molecule has 1 aliphatic carbocycles. The van der Waals surface area contributed by atoms with E-state index >= 15 is 0 Å². The van der Waals surface area contributed by atoms with Crippen molar-refractivity contribution in [2.24, 2.45) is 0 Å². The van der Waals surface area contributed by atoms with Crippen LogP contribution in [-0.4, -0.2) is 31.8 Å². The van der Waals surface area contributed by atoms with Gasteiger partial charge in [0.25, 0.3) is 11.7 Å². The molecule has 0 unspecified atom stereocenters. The van der Waals surface area contributed by atoms with E-state index in [1.807, 2.05) is 0 Å². The number of aryl methyl sites for hydroxylation is 1. The monoisotopic (exact) mass is 384 g/mol. The molecule has 27 heavy (non-hydrogen) atoms. The van der Waals surface area contributed by atoms with Crippen LogP contribution in [-0.2, 0) is 6.18 Å². The second kappa shape index (κ2) is 5.86. The maximum atomic E-state index is 13.0. The van der Waals surface area contributed by atoms with Gasteiger partial charge >= 0.3 is 6.18 Å². The summed E-state index contributed by atoms with van der Waals surface area (Å²) in [4.78, 5) is 0. The van der Waals surface area contributed by atoms with Crippen LogP contribution in [0.1, 0.15) is 24.2 Å². The first-order valence-electron chi connectivity index (χ1n) is 8.08. The van der Waals surface area contributed by atoms with Crippen LogP contribution in [0.2, 0.25) is 0 Å². The van der Waals surface area contributed by atoms with Crippen LogP contribution in [0.15, 0.2) is 30.3 Å². The molecule has 0 amide bonds. The fraction of sp³-hybridized carbons (Fsp3) is 0.353. The number of hydrogen-bond donors (Lipinski definition) is 0. The van der Waals surface area contributed by atoms with Crippen molar-refractivity contribution in [1.29, 1.82) is 0 Å². The van der Waals surface area contributed by atoms with Crippen molar-refractivity contribution in [2.45, 2.75) is 38.0 Å². The topological polar surface area (TPSA) is 52.3 Å². The molecule has 0 atom stereocenters. The Morgan fingerprint density at radius 3 is 2.48 bits per heavy atom. The standard InChI is InChI=1S/C17H13F5N4O/c1-9-6-10(27-11-7-16(18,19)8-11)2-3-12(9)13-4-5-14-23-24-15(17(20,21)22)26(14)25-13/h2-6,11H,7-8H2,1H3. The van der Waals surface area contributed by atoms with E-state index in [1.165, 1.54) is 6.07 Å². The van der Waals surface area contributed by atoms with Crippen LogP contribution in [0.4, 0.5) is 22.0 Å². The SMILES string of the molecule is Cc1cc(OC2CC(F)(F)C2)ccc1-c1ccc2nnc(C(F)(F)F)n2n1. The van der Waals surface area contributed by atoms with Gasteiger partial charge in [-0.3, -0.25) is 0 Å². The van der Waals surface area contributed by atoms with E-state index in [2.05, 4.69) is 15.3 Å². The summed E-state index contributed by atoms with van der Waals surface area (Å²) in [5.41, 5.74) is 1.55. The highest BCUT2D eigenvalue weighted by molar-refractivity contribution is 5.65. The maximum Gasteiger partial charge on any atom is 0.453 e. The third-order valence-corrected chi connectivity index (χ3v) is 4.35. The van der Waals surface area contributed by atoms with Gasteiger partial charge in [-0.15, -0.1) is 10.2 Å². The molecule has 2 heterocycles. The molecule has 4 rings (SSSR count). The number of ether oxygens (including phenoxy) is 1. The Labute approximate surface area is 149 Å². The molecule has 1 saturated carbocycles. The lowest BCUT2D eigenvalue weighted by molar-refractivity contribution is -0.146. The second-order valence-corrected chi connectivity index (χ2v) is 6.49. The van der Waals surface area contributed by atoms with Crippen LogP contribution in [0, 0.1) is 6.92 Å². The van der Waals surface area contributed by atoms with E-state index in [0.717, 1.165) is 0 Å². The predicted octanol–water partition coefficient (Wildman–Crippen LogP) is 4.30. The van der Waals surface area contributed by atoms with Crippen molar-refractivity contribution in [2.75, 3.05) is 0 Å². The molecule has 0 N–H and O–H groups in total. The largest absolute Gasteiger partial charge is 0.490 e. The number of hydrogen-bond acceptors (Lipinski definition) is 4. The van der Waals surface area contributed by atoms with Gasteiger partial charge in [-0.05, 0) is 42.8 Å². The molecule has 142 valence electrons. The molecular formula is C17H13F5N4O. The summed E-state index contributed by atoms with van der Waals surface area (Å²) in [7, 11) is 0. The molecule has 3 aromatic rings. The van der Waals surface area contributed by atoms with Gasteiger partial charge in [-0.25, -0.2) is 8.78 Å². The Morgan fingerprint density at radius 1 is 1.11 bits per heavy atom. The molecule has 5 nitrogen and oxygen atoms in total. The maximum absolute atomic E-state index is 13.0. The fourth-order valence-corrected chi connectivity index (χ4v) is 2.99. The number of nitrogens with zero attached hydrogens (tertiary/aromatic N) is 4. The van der Waals surface area contributed by atoms with Crippen LogP contribution in [0.3, 0.4) is 0 Å². The average molecular weight is 384 g/mol. The summed E-state index contributed by atoms with van der Waals surface area (Å²) in [5.74, 6) is -3.45. The van der Waals surface area contributed by atoms with E-state index in [0.29, 0.717) is 27.1 Å². The molecule has 0 radical (unpaired) electrons. The molecular weight excluding hydrogens is 371 g/mol. The molecule has 2 aromatic heterocycles. The number of aromatic nitrogens is 4. The van der Waals surface area contributed by atoms with Gasteiger partial charge in [0.15, 0.2) is 5.65 Å². The van der Waals surface area contributed by atoms with Crippen molar-refractivity contribution in [3.05, 3.63) is 41.7 Å². The van der Waals surface area contributed by atoms with Gasteiger partial charge in [-0.2, -0.15) is 22.8 Å². The quantitative estimate of drug-likeness (QED) is 0.632. The van der Waals surface area contributed by atoms with Gasteiger partial charge in [0, 0.05) is 18.4 Å². The van der Waals surface area contributed by atoms with Crippen molar-refractivity contribution in [1.82, 2.24) is 19.8 Å². The van der Waals surface area contributed by atoms with Crippen LogP contribution >= 0.6 is 0 Å². The lowest BCUT2D eigenvalue weighted by Crippen LogP contribution is -2.43. The highest BCUT2D eigenvalue weighted by Crippen LogP contribution is 2.40. The number of rotatable bonds is 3.